The summed E-state index contributed by atoms with van der Waals surface area (Å²) in [5.74, 6) is 2.00. The average molecular weight is 418 g/mol. The lowest BCUT2D eigenvalue weighted by Gasteiger charge is -2.31. The molecule has 0 spiro atoms. The lowest BCUT2D eigenvalue weighted by atomic mass is 9.74. The molecule has 0 saturated heterocycles. The van der Waals surface area contributed by atoms with E-state index in [1.165, 1.54) is 16.7 Å². The van der Waals surface area contributed by atoms with Gasteiger partial charge >= 0.3 is 0 Å². The van der Waals surface area contributed by atoms with Crippen LogP contribution in [0.3, 0.4) is 0 Å². The van der Waals surface area contributed by atoms with E-state index in [4.69, 9.17) is 14.2 Å². The number of fused-ring (bicyclic) bond motifs is 1. The smallest absolute Gasteiger partial charge is 0.260 e. The quantitative estimate of drug-likeness (QED) is 0.434. The van der Waals surface area contributed by atoms with Crippen molar-refractivity contribution in [2.45, 2.75) is 59.8 Å². The van der Waals surface area contributed by atoms with Crippen LogP contribution in [0.25, 0.3) is 22.8 Å². The molecule has 3 aromatic rings. The number of aryl methyl sites for hydroxylation is 2. The van der Waals surface area contributed by atoms with Gasteiger partial charge in [-0.15, -0.1) is 0 Å². The first-order valence-corrected chi connectivity index (χ1v) is 11.1. The molecule has 2 heterocycles. The second-order valence-electron chi connectivity index (χ2n) is 9.21. The van der Waals surface area contributed by atoms with Crippen LogP contribution in [0.15, 0.2) is 47.5 Å². The molecule has 1 aromatic carbocycles. The van der Waals surface area contributed by atoms with Crippen molar-refractivity contribution < 1.29 is 9.26 Å². The molecule has 4 rings (SSSR count). The maximum Gasteiger partial charge on any atom is 0.260 e. The largest absolute Gasteiger partial charge is 0.499 e. The fraction of sp³-hybridized carbons (Fsp3) is 0.423. The van der Waals surface area contributed by atoms with Gasteiger partial charge in [-0.1, -0.05) is 43.8 Å². The summed E-state index contributed by atoms with van der Waals surface area (Å²) in [6.45, 7) is 13.3. The normalized spacial score (nSPS) is 14.8. The summed E-state index contributed by atoms with van der Waals surface area (Å²) in [7, 11) is 0. The molecular weight excluding hydrogens is 386 g/mol. The molecule has 0 aliphatic heterocycles. The Balaban J connectivity index is 1.55. The molecule has 0 N–H and O–H groups in total. The molecule has 0 unspecified atom stereocenters. The number of pyridine rings is 1. The van der Waals surface area contributed by atoms with E-state index in [2.05, 4.69) is 55.7 Å². The summed E-state index contributed by atoms with van der Waals surface area (Å²) in [6, 6.07) is 6.37. The highest BCUT2D eigenvalue weighted by Crippen LogP contribution is 2.38. The number of ether oxygens (including phenoxy) is 1. The van der Waals surface area contributed by atoms with Crippen LogP contribution < -0.4 is 0 Å². The summed E-state index contributed by atoms with van der Waals surface area (Å²) in [6.07, 6.45) is 8.75. The molecule has 2 aromatic heterocycles. The Kier molecular flexibility index (Phi) is 5.94. The Morgan fingerprint density at radius 2 is 2.06 bits per heavy atom. The topological polar surface area (TPSA) is 61.0 Å². The molecule has 1 aliphatic rings. The van der Waals surface area contributed by atoms with Gasteiger partial charge < -0.3 is 9.26 Å². The van der Waals surface area contributed by atoms with E-state index in [-0.39, 0.29) is 0 Å². The minimum Gasteiger partial charge on any atom is -0.499 e. The molecule has 0 amide bonds. The van der Waals surface area contributed by atoms with E-state index >= 15 is 0 Å². The van der Waals surface area contributed by atoms with Crippen molar-refractivity contribution in [1.29, 1.82) is 0 Å². The van der Waals surface area contributed by atoms with Gasteiger partial charge in [0, 0.05) is 24.4 Å². The lowest BCUT2D eigenvalue weighted by molar-refractivity contribution is 0.220. The van der Waals surface area contributed by atoms with E-state index in [0.717, 1.165) is 54.6 Å². The molecule has 0 fully saturated rings. The number of allylic oxidation sites excluding steroid dienone is 1. The van der Waals surface area contributed by atoms with Crippen molar-refractivity contribution in [3.8, 4) is 22.8 Å². The third-order valence-electron chi connectivity index (χ3n) is 6.10. The summed E-state index contributed by atoms with van der Waals surface area (Å²) < 4.78 is 11.1. The van der Waals surface area contributed by atoms with Crippen molar-refractivity contribution in [2.75, 3.05) is 6.61 Å². The number of rotatable bonds is 7. The van der Waals surface area contributed by atoms with Gasteiger partial charge in [0.25, 0.3) is 5.89 Å². The number of hydrogen-bond donors (Lipinski definition) is 0. The fourth-order valence-electron chi connectivity index (χ4n) is 4.36. The minimum atomic E-state index is 0.307. The van der Waals surface area contributed by atoms with Crippen molar-refractivity contribution in [3.63, 3.8) is 0 Å². The Morgan fingerprint density at radius 1 is 1.23 bits per heavy atom. The van der Waals surface area contributed by atoms with Gasteiger partial charge in [-0.2, -0.15) is 4.98 Å². The predicted molar refractivity (Wildman–Crippen MR) is 123 cm³/mol. The van der Waals surface area contributed by atoms with Crippen molar-refractivity contribution >= 4 is 0 Å². The van der Waals surface area contributed by atoms with Gasteiger partial charge in [0.2, 0.25) is 5.82 Å². The SMILES string of the molecule is C=C(CCc1ccc(-c2noc(-c3cncc4c3CCC(C)(C)C4)n2)c(C)c1)OCC. The number of benzene rings is 1. The molecule has 5 nitrogen and oxygen atoms in total. The standard InChI is InChI=1S/C26H31N3O2/c1-6-30-18(3)7-8-19-9-10-21(17(2)13-19)24-28-25(31-29-24)23-16-27-15-20-14-26(4,5)12-11-22(20)23/h9-10,13,15-16H,3,6-8,11-12,14H2,1-2,4-5H3. The second-order valence-corrected chi connectivity index (χ2v) is 9.21. The molecule has 0 radical (unpaired) electrons. The zero-order valence-corrected chi connectivity index (χ0v) is 19.0. The van der Waals surface area contributed by atoms with Crippen molar-refractivity contribution in [2.24, 2.45) is 5.41 Å². The Morgan fingerprint density at radius 3 is 2.84 bits per heavy atom. The zero-order valence-electron chi connectivity index (χ0n) is 19.0. The van der Waals surface area contributed by atoms with Crippen molar-refractivity contribution in [3.05, 3.63) is 65.2 Å². The van der Waals surface area contributed by atoms with Gasteiger partial charge in [0.15, 0.2) is 0 Å². The molecule has 5 heteroatoms. The molecule has 0 saturated carbocycles. The van der Waals surface area contributed by atoms with E-state index in [9.17, 15) is 0 Å². The molecule has 31 heavy (non-hydrogen) atoms. The highest BCUT2D eigenvalue weighted by Gasteiger charge is 2.28. The summed E-state index contributed by atoms with van der Waals surface area (Å²) in [4.78, 5) is 9.19. The van der Waals surface area contributed by atoms with Gasteiger partial charge in [0.1, 0.15) is 0 Å². The maximum absolute atomic E-state index is 5.69. The summed E-state index contributed by atoms with van der Waals surface area (Å²) >= 11 is 0. The Hall–Kier alpha value is -2.95. The molecule has 0 atom stereocenters. The van der Waals surface area contributed by atoms with Crippen LogP contribution in [0.5, 0.6) is 0 Å². The van der Waals surface area contributed by atoms with Crippen LogP contribution in [0.4, 0.5) is 0 Å². The van der Waals surface area contributed by atoms with E-state index in [1.807, 2.05) is 19.3 Å². The zero-order chi connectivity index (χ0) is 22.0. The monoisotopic (exact) mass is 417 g/mol. The molecule has 1 aliphatic carbocycles. The summed E-state index contributed by atoms with van der Waals surface area (Å²) in [5.41, 5.74) is 7.23. The first-order chi connectivity index (χ1) is 14.9. The highest BCUT2D eigenvalue weighted by atomic mass is 16.5. The van der Waals surface area contributed by atoms with Crippen molar-refractivity contribution in [1.82, 2.24) is 15.1 Å². The third kappa shape index (κ3) is 4.71. The number of aromatic nitrogens is 3. The van der Waals surface area contributed by atoms with Crippen LogP contribution in [0.2, 0.25) is 0 Å². The predicted octanol–water partition coefficient (Wildman–Crippen LogP) is 6.10. The van der Waals surface area contributed by atoms with Gasteiger partial charge in [0.05, 0.1) is 17.9 Å². The number of nitrogens with zero attached hydrogens (tertiary/aromatic N) is 3. The maximum atomic E-state index is 5.69. The second kappa shape index (κ2) is 8.66. The Bertz CT molecular complexity index is 1100. The van der Waals surface area contributed by atoms with Gasteiger partial charge in [-0.05, 0) is 67.2 Å². The average Bonchev–Trinajstić information content (AvgIpc) is 3.21. The van der Waals surface area contributed by atoms with Crippen LogP contribution in [-0.4, -0.2) is 21.7 Å². The minimum absolute atomic E-state index is 0.307. The van der Waals surface area contributed by atoms with Gasteiger partial charge in [-0.25, -0.2) is 0 Å². The molecule has 0 bridgehead atoms. The summed E-state index contributed by atoms with van der Waals surface area (Å²) in [5, 5.41) is 4.28. The fourth-order valence-corrected chi connectivity index (χ4v) is 4.36. The van der Waals surface area contributed by atoms with Gasteiger partial charge in [-0.3, -0.25) is 4.98 Å². The Labute approximate surface area is 184 Å². The highest BCUT2D eigenvalue weighted by molar-refractivity contribution is 5.65. The van der Waals surface area contributed by atoms with Crippen LogP contribution in [-0.2, 0) is 24.0 Å². The van der Waals surface area contributed by atoms with E-state index in [0.29, 0.717) is 23.7 Å². The third-order valence-corrected chi connectivity index (χ3v) is 6.10. The van der Waals surface area contributed by atoms with Crippen LogP contribution in [0, 0.1) is 12.3 Å². The first kappa shape index (κ1) is 21.3. The van der Waals surface area contributed by atoms with Crippen LogP contribution in [0.1, 0.15) is 55.9 Å². The lowest BCUT2D eigenvalue weighted by Crippen LogP contribution is -2.22. The van der Waals surface area contributed by atoms with Crippen LogP contribution >= 0.6 is 0 Å². The number of hydrogen-bond acceptors (Lipinski definition) is 5. The first-order valence-electron chi connectivity index (χ1n) is 11.1. The van der Waals surface area contributed by atoms with E-state index in [1.54, 1.807) is 0 Å². The van der Waals surface area contributed by atoms with E-state index < -0.39 is 0 Å². The molecular formula is C26H31N3O2. The molecule has 162 valence electrons.